The number of aryl methyl sites for hydroxylation is 1. The number of aromatic nitrogens is 2. The van der Waals surface area contributed by atoms with Gasteiger partial charge in [-0.15, -0.1) is 0 Å². The van der Waals surface area contributed by atoms with E-state index in [0.29, 0.717) is 0 Å². The molecule has 0 aliphatic heterocycles. The van der Waals surface area contributed by atoms with Gasteiger partial charge in [-0.1, -0.05) is 6.92 Å². The van der Waals surface area contributed by atoms with E-state index in [0.717, 1.165) is 18.7 Å². The molecule has 1 aromatic heterocycles. The molecule has 90 valence electrons. The smallest absolute Gasteiger partial charge is 0.236 e. The van der Waals surface area contributed by atoms with E-state index >= 15 is 0 Å². The molecule has 5 heteroatoms. The number of rotatable bonds is 6. The van der Waals surface area contributed by atoms with E-state index in [1.54, 1.807) is 6.20 Å². The van der Waals surface area contributed by atoms with Crippen molar-refractivity contribution in [1.29, 1.82) is 0 Å². The van der Waals surface area contributed by atoms with Crippen molar-refractivity contribution in [2.45, 2.75) is 39.3 Å². The Hall–Kier alpha value is -1.36. The second-order valence-electron chi connectivity index (χ2n) is 3.99. The summed E-state index contributed by atoms with van der Waals surface area (Å²) in [6, 6.07) is 1.46. The van der Waals surface area contributed by atoms with Crippen LogP contribution in [0.15, 0.2) is 12.3 Å². The average molecular weight is 224 g/mol. The third-order valence-corrected chi connectivity index (χ3v) is 2.66. The molecule has 0 fully saturated rings. The van der Waals surface area contributed by atoms with Crippen molar-refractivity contribution in [3.63, 3.8) is 0 Å². The molecule has 0 spiro atoms. The van der Waals surface area contributed by atoms with Gasteiger partial charge in [0.2, 0.25) is 5.91 Å². The lowest BCUT2D eigenvalue weighted by molar-refractivity contribution is -0.121. The Labute approximate surface area is 96.0 Å². The zero-order valence-electron chi connectivity index (χ0n) is 10.1. The number of hydrogen-bond acceptors (Lipinski definition) is 3. The predicted molar refractivity (Wildman–Crippen MR) is 63.0 cm³/mol. The highest BCUT2D eigenvalue weighted by Crippen LogP contribution is 2.12. The van der Waals surface area contributed by atoms with E-state index in [4.69, 9.17) is 5.73 Å². The molecule has 0 aliphatic carbocycles. The topological polar surface area (TPSA) is 72.9 Å². The molecule has 5 nitrogen and oxygen atoms in total. The first-order valence-corrected chi connectivity index (χ1v) is 5.60. The number of nitrogens with one attached hydrogen (secondary N) is 1. The Morgan fingerprint density at radius 1 is 1.69 bits per heavy atom. The third kappa shape index (κ3) is 2.82. The number of nitrogens with two attached hydrogens (primary N) is 1. The standard InChI is InChI=1S/C11H20N4O/c1-4-6-13-10(11(12)16)9(3)15-8(2)5-7-14-15/h5,7,9-10,13H,4,6H2,1-3H3,(H2,12,16). The maximum atomic E-state index is 11.4. The van der Waals surface area contributed by atoms with Crippen LogP contribution < -0.4 is 11.1 Å². The van der Waals surface area contributed by atoms with Crippen molar-refractivity contribution >= 4 is 5.91 Å². The molecule has 0 aliphatic rings. The number of nitrogens with zero attached hydrogens (tertiary/aromatic N) is 2. The Bertz CT molecular complexity index is 348. The van der Waals surface area contributed by atoms with Crippen LogP contribution in [0.4, 0.5) is 0 Å². The van der Waals surface area contributed by atoms with Crippen LogP contribution in [0.2, 0.25) is 0 Å². The molecule has 0 saturated carbocycles. The van der Waals surface area contributed by atoms with Crippen molar-refractivity contribution in [3.8, 4) is 0 Å². The van der Waals surface area contributed by atoms with Gasteiger partial charge in [0.25, 0.3) is 0 Å². The van der Waals surface area contributed by atoms with E-state index in [1.807, 2.05) is 24.6 Å². The fourth-order valence-electron chi connectivity index (χ4n) is 1.76. The number of amides is 1. The van der Waals surface area contributed by atoms with Crippen LogP contribution in [0.5, 0.6) is 0 Å². The SMILES string of the molecule is CCCNC(C(N)=O)C(C)n1nccc1C. The molecule has 16 heavy (non-hydrogen) atoms. The van der Waals surface area contributed by atoms with Crippen molar-refractivity contribution < 1.29 is 4.79 Å². The second-order valence-corrected chi connectivity index (χ2v) is 3.99. The molecule has 2 atom stereocenters. The minimum absolute atomic E-state index is 0.0703. The lowest BCUT2D eigenvalue weighted by Crippen LogP contribution is -2.47. The van der Waals surface area contributed by atoms with Gasteiger partial charge in [-0.3, -0.25) is 9.48 Å². The molecule has 2 unspecified atom stereocenters. The first-order chi connectivity index (χ1) is 7.57. The van der Waals surface area contributed by atoms with E-state index in [1.165, 1.54) is 0 Å². The number of carbonyl (C=O) groups is 1. The zero-order valence-corrected chi connectivity index (χ0v) is 10.1. The molecule has 0 saturated heterocycles. The van der Waals surface area contributed by atoms with E-state index in [9.17, 15) is 4.79 Å². The van der Waals surface area contributed by atoms with Gasteiger partial charge < -0.3 is 11.1 Å². The quantitative estimate of drug-likeness (QED) is 0.743. The summed E-state index contributed by atoms with van der Waals surface area (Å²) in [6.45, 7) is 6.73. The molecule has 0 radical (unpaired) electrons. The Morgan fingerprint density at radius 2 is 2.38 bits per heavy atom. The zero-order chi connectivity index (χ0) is 12.1. The Kier molecular flexibility index (Phi) is 4.49. The molecular weight excluding hydrogens is 204 g/mol. The van der Waals surface area contributed by atoms with Crippen LogP contribution in [-0.4, -0.2) is 28.3 Å². The maximum Gasteiger partial charge on any atom is 0.236 e. The van der Waals surface area contributed by atoms with Crippen molar-refractivity contribution in [2.75, 3.05) is 6.54 Å². The third-order valence-electron chi connectivity index (χ3n) is 2.66. The molecule has 1 amide bonds. The summed E-state index contributed by atoms with van der Waals surface area (Å²) in [6.07, 6.45) is 2.69. The molecule has 1 aromatic rings. The van der Waals surface area contributed by atoms with Gasteiger partial charge in [-0.25, -0.2) is 0 Å². The largest absolute Gasteiger partial charge is 0.368 e. The van der Waals surface area contributed by atoms with E-state index in [2.05, 4.69) is 17.3 Å². The van der Waals surface area contributed by atoms with Crippen LogP contribution in [0.1, 0.15) is 32.0 Å². The molecule has 0 aromatic carbocycles. The lowest BCUT2D eigenvalue weighted by Gasteiger charge is -2.23. The number of carbonyl (C=O) groups excluding carboxylic acids is 1. The van der Waals surface area contributed by atoms with E-state index < -0.39 is 0 Å². The van der Waals surface area contributed by atoms with Gasteiger partial charge in [0.15, 0.2) is 0 Å². The van der Waals surface area contributed by atoms with Crippen LogP contribution in [0, 0.1) is 6.92 Å². The van der Waals surface area contributed by atoms with Crippen LogP contribution in [0.3, 0.4) is 0 Å². The highest BCUT2D eigenvalue weighted by atomic mass is 16.1. The highest BCUT2D eigenvalue weighted by molar-refractivity contribution is 5.80. The van der Waals surface area contributed by atoms with Gasteiger partial charge in [0.05, 0.1) is 6.04 Å². The second kappa shape index (κ2) is 5.65. The summed E-state index contributed by atoms with van der Waals surface area (Å²) in [5.74, 6) is -0.337. The van der Waals surface area contributed by atoms with Crippen molar-refractivity contribution in [2.24, 2.45) is 5.73 Å². The molecule has 1 rings (SSSR count). The summed E-state index contributed by atoms with van der Waals surface area (Å²) in [7, 11) is 0. The Balaban J connectivity index is 2.78. The summed E-state index contributed by atoms with van der Waals surface area (Å²) < 4.78 is 1.82. The van der Waals surface area contributed by atoms with Crippen LogP contribution in [-0.2, 0) is 4.79 Å². The monoisotopic (exact) mass is 224 g/mol. The Morgan fingerprint density at radius 3 is 2.81 bits per heavy atom. The molecule has 1 heterocycles. The lowest BCUT2D eigenvalue weighted by atomic mass is 10.1. The average Bonchev–Trinajstić information content (AvgIpc) is 2.64. The van der Waals surface area contributed by atoms with Gasteiger partial charge in [0, 0.05) is 11.9 Å². The van der Waals surface area contributed by atoms with E-state index in [-0.39, 0.29) is 18.0 Å². The van der Waals surface area contributed by atoms with Gasteiger partial charge in [-0.2, -0.15) is 5.10 Å². The summed E-state index contributed by atoms with van der Waals surface area (Å²) in [4.78, 5) is 11.4. The minimum atomic E-state index is -0.376. The van der Waals surface area contributed by atoms with Gasteiger partial charge in [-0.05, 0) is 32.9 Å². The molecule has 0 bridgehead atoms. The highest BCUT2D eigenvalue weighted by Gasteiger charge is 2.24. The van der Waals surface area contributed by atoms with Crippen LogP contribution >= 0.6 is 0 Å². The normalized spacial score (nSPS) is 14.7. The summed E-state index contributed by atoms with van der Waals surface area (Å²) in [5, 5.41) is 7.34. The molecular formula is C11H20N4O. The van der Waals surface area contributed by atoms with Crippen molar-refractivity contribution in [3.05, 3.63) is 18.0 Å². The minimum Gasteiger partial charge on any atom is -0.368 e. The van der Waals surface area contributed by atoms with Crippen molar-refractivity contribution in [1.82, 2.24) is 15.1 Å². The number of primary amides is 1. The summed E-state index contributed by atoms with van der Waals surface area (Å²) >= 11 is 0. The molecule has 3 N–H and O–H groups in total. The fourth-order valence-corrected chi connectivity index (χ4v) is 1.76. The summed E-state index contributed by atoms with van der Waals surface area (Å²) in [5.41, 5.74) is 6.42. The first-order valence-electron chi connectivity index (χ1n) is 5.60. The fraction of sp³-hybridized carbons (Fsp3) is 0.636. The maximum absolute atomic E-state index is 11.4. The van der Waals surface area contributed by atoms with Crippen LogP contribution in [0.25, 0.3) is 0 Å². The first kappa shape index (κ1) is 12.7. The van der Waals surface area contributed by atoms with Gasteiger partial charge >= 0.3 is 0 Å². The number of hydrogen-bond donors (Lipinski definition) is 2. The van der Waals surface area contributed by atoms with Gasteiger partial charge in [0.1, 0.15) is 6.04 Å². The predicted octanol–water partition coefficient (Wildman–Crippen LogP) is 0.606.